The molecule has 102 valence electrons. The van der Waals surface area contributed by atoms with Gasteiger partial charge in [-0.05, 0) is 32.0 Å². The number of nitrogens with one attached hydrogen (secondary N) is 1. The molecule has 3 N–H and O–H groups in total. The van der Waals surface area contributed by atoms with Crippen molar-refractivity contribution in [2.75, 3.05) is 24.3 Å². The van der Waals surface area contributed by atoms with Gasteiger partial charge < -0.3 is 15.8 Å². The lowest BCUT2D eigenvalue weighted by Crippen LogP contribution is -2.22. The topological polar surface area (TPSA) is 60.2 Å². The van der Waals surface area contributed by atoms with Crippen LogP contribution in [0.5, 0.6) is 0 Å². The first-order valence-corrected chi connectivity index (χ1v) is 6.30. The highest BCUT2D eigenvalue weighted by Crippen LogP contribution is 2.29. The Hall–Kier alpha value is -1.88. The number of anilines is 2. The van der Waals surface area contributed by atoms with E-state index in [9.17, 15) is 4.39 Å². The first-order valence-electron chi connectivity index (χ1n) is 6.30. The summed E-state index contributed by atoms with van der Waals surface area (Å²) in [6.07, 6.45) is 1.62. The normalized spacial score (nSPS) is 12.6. The molecule has 2 rings (SSSR count). The van der Waals surface area contributed by atoms with Crippen LogP contribution in [0.4, 0.5) is 15.8 Å². The number of nitrogen functional groups attached to an aromatic ring is 1. The molecule has 1 heterocycles. The molecule has 1 unspecified atom stereocenters. The fourth-order valence-corrected chi connectivity index (χ4v) is 1.96. The van der Waals surface area contributed by atoms with Gasteiger partial charge in [0.1, 0.15) is 0 Å². The first kappa shape index (κ1) is 13.5. The molecular formula is C14H18FN3O. The number of pyridine rings is 1. The number of hydrogen-bond donors (Lipinski definition) is 2. The Balaban J connectivity index is 2.37. The molecule has 1 aromatic carbocycles. The Morgan fingerprint density at radius 1 is 1.53 bits per heavy atom. The molecule has 0 saturated heterocycles. The summed E-state index contributed by atoms with van der Waals surface area (Å²) in [5, 5.41) is 3.84. The fourth-order valence-electron chi connectivity index (χ4n) is 1.96. The van der Waals surface area contributed by atoms with Crippen LogP contribution >= 0.6 is 0 Å². The number of hydrogen-bond acceptors (Lipinski definition) is 4. The molecule has 0 spiro atoms. The van der Waals surface area contributed by atoms with Gasteiger partial charge >= 0.3 is 0 Å². The van der Waals surface area contributed by atoms with Crippen LogP contribution in [0.1, 0.15) is 13.8 Å². The number of aromatic nitrogens is 1. The van der Waals surface area contributed by atoms with Crippen molar-refractivity contribution in [2.24, 2.45) is 0 Å². The van der Waals surface area contributed by atoms with Crippen LogP contribution in [0, 0.1) is 5.82 Å². The van der Waals surface area contributed by atoms with E-state index in [-0.39, 0.29) is 6.04 Å². The molecule has 5 heteroatoms. The summed E-state index contributed by atoms with van der Waals surface area (Å²) < 4.78 is 19.4. The van der Waals surface area contributed by atoms with E-state index in [0.717, 1.165) is 5.39 Å². The minimum atomic E-state index is -0.396. The third-order valence-electron chi connectivity index (χ3n) is 2.84. The minimum absolute atomic E-state index is 0.0109. The molecule has 0 aliphatic rings. The van der Waals surface area contributed by atoms with E-state index in [2.05, 4.69) is 10.3 Å². The maximum absolute atomic E-state index is 14.0. The van der Waals surface area contributed by atoms with Crippen molar-refractivity contribution >= 4 is 22.3 Å². The highest BCUT2D eigenvalue weighted by atomic mass is 19.1. The lowest BCUT2D eigenvalue weighted by molar-refractivity contribution is 0.141. The van der Waals surface area contributed by atoms with Crippen molar-refractivity contribution < 1.29 is 9.13 Å². The van der Waals surface area contributed by atoms with E-state index in [1.54, 1.807) is 12.3 Å². The number of benzene rings is 1. The maximum atomic E-state index is 14.0. The molecule has 1 aromatic heterocycles. The van der Waals surface area contributed by atoms with Gasteiger partial charge in [-0.3, -0.25) is 4.98 Å². The van der Waals surface area contributed by atoms with Gasteiger partial charge in [-0.25, -0.2) is 4.39 Å². The largest absolute Gasteiger partial charge is 0.398 e. The zero-order chi connectivity index (χ0) is 13.8. The van der Waals surface area contributed by atoms with Crippen molar-refractivity contribution in [3.63, 3.8) is 0 Å². The van der Waals surface area contributed by atoms with Crippen LogP contribution in [-0.4, -0.2) is 24.2 Å². The smallest absolute Gasteiger partial charge is 0.150 e. The Morgan fingerprint density at radius 3 is 3.05 bits per heavy atom. The monoisotopic (exact) mass is 263 g/mol. The van der Waals surface area contributed by atoms with Crippen LogP contribution in [0.25, 0.3) is 10.9 Å². The summed E-state index contributed by atoms with van der Waals surface area (Å²) >= 11 is 0. The zero-order valence-corrected chi connectivity index (χ0v) is 11.1. The lowest BCUT2D eigenvalue weighted by Gasteiger charge is -2.17. The predicted molar refractivity (Wildman–Crippen MR) is 75.7 cm³/mol. The lowest BCUT2D eigenvalue weighted by atomic mass is 10.1. The average Bonchev–Trinajstić information content (AvgIpc) is 2.41. The van der Waals surface area contributed by atoms with Crippen molar-refractivity contribution in [1.82, 2.24) is 4.98 Å². The molecule has 19 heavy (non-hydrogen) atoms. The van der Waals surface area contributed by atoms with Gasteiger partial charge in [-0.15, -0.1) is 0 Å². The summed E-state index contributed by atoms with van der Waals surface area (Å²) in [4.78, 5) is 4.21. The van der Waals surface area contributed by atoms with E-state index in [4.69, 9.17) is 10.5 Å². The van der Waals surface area contributed by atoms with Crippen LogP contribution in [0.15, 0.2) is 24.4 Å². The Kier molecular flexibility index (Phi) is 4.16. The molecule has 2 aromatic rings. The Labute approximate surface area is 111 Å². The van der Waals surface area contributed by atoms with Crippen LogP contribution in [0.3, 0.4) is 0 Å². The SMILES string of the molecule is CCOCC(C)Nc1c(F)cc(N)c2cccnc12. The number of ether oxygens (including phenoxy) is 1. The van der Waals surface area contributed by atoms with Gasteiger partial charge in [0.15, 0.2) is 5.82 Å². The number of nitrogens with zero attached hydrogens (tertiary/aromatic N) is 1. The molecule has 0 fully saturated rings. The number of fused-ring (bicyclic) bond motifs is 1. The molecule has 4 nitrogen and oxygen atoms in total. The molecule has 0 bridgehead atoms. The van der Waals surface area contributed by atoms with E-state index in [1.807, 2.05) is 19.9 Å². The van der Waals surface area contributed by atoms with Gasteiger partial charge in [0, 0.05) is 29.9 Å². The third-order valence-corrected chi connectivity index (χ3v) is 2.84. The molecule has 0 saturated carbocycles. The van der Waals surface area contributed by atoms with E-state index in [1.165, 1.54) is 6.07 Å². The highest BCUT2D eigenvalue weighted by Gasteiger charge is 2.13. The highest BCUT2D eigenvalue weighted by molar-refractivity contribution is 5.98. The quantitative estimate of drug-likeness (QED) is 0.814. The van der Waals surface area contributed by atoms with Crippen LogP contribution < -0.4 is 11.1 Å². The summed E-state index contributed by atoms with van der Waals surface area (Å²) in [6.45, 7) is 5.00. The Morgan fingerprint density at radius 2 is 2.32 bits per heavy atom. The van der Waals surface area contributed by atoms with Crippen molar-refractivity contribution in [3.8, 4) is 0 Å². The zero-order valence-electron chi connectivity index (χ0n) is 11.1. The van der Waals surface area contributed by atoms with Crippen molar-refractivity contribution in [1.29, 1.82) is 0 Å². The summed E-state index contributed by atoms with van der Waals surface area (Å²) in [5.41, 5.74) is 7.11. The second kappa shape index (κ2) is 5.84. The standard InChI is InChI=1S/C14H18FN3O/c1-3-19-8-9(2)18-14-11(15)7-12(16)10-5-4-6-17-13(10)14/h4-7,9,18H,3,8,16H2,1-2H3. The second-order valence-corrected chi connectivity index (χ2v) is 4.43. The van der Waals surface area contributed by atoms with Gasteiger partial charge in [-0.2, -0.15) is 0 Å². The van der Waals surface area contributed by atoms with E-state index in [0.29, 0.717) is 30.1 Å². The van der Waals surface area contributed by atoms with Crippen LogP contribution in [0.2, 0.25) is 0 Å². The molecule has 1 atom stereocenters. The predicted octanol–water partition coefficient (Wildman–Crippen LogP) is 2.79. The van der Waals surface area contributed by atoms with E-state index >= 15 is 0 Å². The van der Waals surface area contributed by atoms with Crippen molar-refractivity contribution in [2.45, 2.75) is 19.9 Å². The summed E-state index contributed by atoms with van der Waals surface area (Å²) in [6, 6.07) is 4.92. The average molecular weight is 263 g/mol. The third kappa shape index (κ3) is 2.93. The maximum Gasteiger partial charge on any atom is 0.150 e. The summed E-state index contributed by atoms with van der Waals surface area (Å²) in [5.74, 6) is -0.396. The Bertz CT molecular complexity index is 574. The van der Waals surface area contributed by atoms with Gasteiger partial charge in [0.05, 0.1) is 17.8 Å². The summed E-state index contributed by atoms with van der Waals surface area (Å²) in [7, 11) is 0. The van der Waals surface area contributed by atoms with Gasteiger partial charge in [-0.1, -0.05) is 0 Å². The minimum Gasteiger partial charge on any atom is -0.398 e. The number of nitrogens with two attached hydrogens (primary N) is 1. The molecular weight excluding hydrogens is 245 g/mol. The van der Waals surface area contributed by atoms with Crippen LogP contribution in [-0.2, 0) is 4.74 Å². The molecule has 0 aliphatic carbocycles. The molecule has 0 amide bonds. The number of halogens is 1. The second-order valence-electron chi connectivity index (χ2n) is 4.43. The van der Waals surface area contributed by atoms with E-state index < -0.39 is 5.82 Å². The van der Waals surface area contributed by atoms with Gasteiger partial charge in [0.2, 0.25) is 0 Å². The number of rotatable bonds is 5. The molecule has 0 radical (unpaired) electrons. The fraction of sp³-hybridized carbons (Fsp3) is 0.357. The van der Waals surface area contributed by atoms with Gasteiger partial charge in [0.25, 0.3) is 0 Å². The first-order chi connectivity index (χ1) is 9.13. The van der Waals surface area contributed by atoms with Crippen molar-refractivity contribution in [3.05, 3.63) is 30.2 Å². The molecule has 0 aliphatic heterocycles.